The Morgan fingerprint density at radius 2 is 1.94 bits per heavy atom. The highest BCUT2D eigenvalue weighted by atomic mass is 32.1. The third-order valence-corrected chi connectivity index (χ3v) is 5.96. The molecule has 1 aromatic heterocycles. The number of carbonyl (C=O) groups is 2. The number of rotatable bonds is 9. The van der Waals surface area contributed by atoms with Crippen molar-refractivity contribution >= 4 is 34.0 Å². The molecule has 10 nitrogen and oxygen atoms in total. The van der Waals surface area contributed by atoms with Gasteiger partial charge in [-0.15, -0.1) is 10.2 Å². The second kappa shape index (κ2) is 10.6. The van der Waals surface area contributed by atoms with Crippen LogP contribution in [-0.4, -0.2) is 40.1 Å². The molecule has 2 amide bonds. The van der Waals surface area contributed by atoms with Crippen LogP contribution in [0.3, 0.4) is 0 Å². The number of methoxy groups -OCH3 is 1. The van der Waals surface area contributed by atoms with Crippen LogP contribution in [0.4, 0.5) is 10.8 Å². The van der Waals surface area contributed by atoms with Crippen molar-refractivity contribution in [1.29, 1.82) is 0 Å². The van der Waals surface area contributed by atoms with E-state index in [-0.39, 0.29) is 22.3 Å². The van der Waals surface area contributed by atoms with Gasteiger partial charge in [0.15, 0.2) is 0 Å². The number of ether oxygens (including phenoxy) is 1. The Labute approximate surface area is 194 Å². The van der Waals surface area contributed by atoms with Crippen LogP contribution in [0.1, 0.15) is 30.6 Å². The van der Waals surface area contributed by atoms with Gasteiger partial charge in [0.1, 0.15) is 16.8 Å². The second-order valence-electron chi connectivity index (χ2n) is 7.28. The lowest BCUT2D eigenvalue weighted by molar-refractivity contribution is -0.384. The molecule has 0 radical (unpaired) electrons. The zero-order valence-corrected chi connectivity index (χ0v) is 19.1. The number of nitro benzene ring substituents is 1. The Morgan fingerprint density at radius 3 is 2.64 bits per heavy atom. The Kier molecular flexibility index (Phi) is 7.67. The smallest absolute Gasteiger partial charge is 0.270 e. The molecule has 2 atom stereocenters. The normalized spacial score (nSPS) is 12.5. The summed E-state index contributed by atoms with van der Waals surface area (Å²) in [6.07, 6.45) is 0.623. The van der Waals surface area contributed by atoms with E-state index in [1.807, 2.05) is 38.1 Å². The lowest BCUT2D eigenvalue weighted by atomic mass is 9.98. The van der Waals surface area contributed by atoms with E-state index in [1.54, 1.807) is 7.11 Å². The number of hydrogen-bond donors (Lipinski definition) is 2. The van der Waals surface area contributed by atoms with Gasteiger partial charge in [0.2, 0.25) is 11.0 Å². The fourth-order valence-corrected chi connectivity index (χ4v) is 3.76. The van der Waals surface area contributed by atoms with Gasteiger partial charge in [0.05, 0.1) is 12.0 Å². The third-order valence-electron chi connectivity index (χ3n) is 5.07. The molecule has 2 unspecified atom stereocenters. The Bertz CT molecular complexity index is 1170. The molecule has 0 aliphatic carbocycles. The Hall–Kier alpha value is -3.86. The van der Waals surface area contributed by atoms with Crippen LogP contribution in [0.2, 0.25) is 0 Å². The van der Waals surface area contributed by atoms with Crippen molar-refractivity contribution in [2.24, 2.45) is 5.92 Å². The first-order chi connectivity index (χ1) is 15.8. The van der Waals surface area contributed by atoms with Gasteiger partial charge in [0.25, 0.3) is 11.6 Å². The summed E-state index contributed by atoms with van der Waals surface area (Å²) in [4.78, 5) is 36.1. The summed E-state index contributed by atoms with van der Waals surface area (Å²) >= 11 is 1.19. The first-order valence-electron chi connectivity index (χ1n) is 10.2. The number of benzene rings is 2. The van der Waals surface area contributed by atoms with Gasteiger partial charge in [-0.2, -0.15) is 0 Å². The van der Waals surface area contributed by atoms with Crippen molar-refractivity contribution in [3.8, 4) is 16.3 Å². The van der Waals surface area contributed by atoms with Gasteiger partial charge in [-0.05, 0) is 24.1 Å². The number of anilines is 1. The highest BCUT2D eigenvalue weighted by molar-refractivity contribution is 7.18. The molecular weight excluding hydrogens is 446 g/mol. The minimum absolute atomic E-state index is 0.0986. The first kappa shape index (κ1) is 23.8. The number of aromatic nitrogens is 2. The van der Waals surface area contributed by atoms with Gasteiger partial charge in [0, 0.05) is 23.3 Å². The van der Waals surface area contributed by atoms with Crippen LogP contribution in [0.5, 0.6) is 5.75 Å². The molecule has 33 heavy (non-hydrogen) atoms. The average Bonchev–Trinajstić information content (AvgIpc) is 3.30. The third kappa shape index (κ3) is 5.89. The van der Waals surface area contributed by atoms with Crippen molar-refractivity contribution in [3.05, 3.63) is 64.2 Å². The molecule has 2 aromatic carbocycles. The lowest BCUT2D eigenvalue weighted by Gasteiger charge is -2.23. The van der Waals surface area contributed by atoms with Crippen LogP contribution < -0.4 is 15.4 Å². The van der Waals surface area contributed by atoms with Crippen molar-refractivity contribution in [2.75, 3.05) is 12.4 Å². The highest BCUT2D eigenvalue weighted by Crippen LogP contribution is 2.29. The fraction of sp³-hybridized carbons (Fsp3) is 0.273. The van der Waals surface area contributed by atoms with Crippen LogP contribution in [0.15, 0.2) is 48.5 Å². The van der Waals surface area contributed by atoms with E-state index in [0.717, 1.165) is 5.56 Å². The molecule has 2 N–H and O–H groups in total. The number of nitro groups is 1. The van der Waals surface area contributed by atoms with Gasteiger partial charge in [-0.1, -0.05) is 49.8 Å². The molecule has 0 saturated heterocycles. The predicted octanol–water partition coefficient (Wildman–Crippen LogP) is 3.91. The van der Waals surface area contributed by atoms with Crippen molar-refractivity contribution < 1.29 is 19.2 Å². The average molecular weight is 470 g/mol. The maximum Gasteiger partial charge on any atom is 0.270 e. The molecule has 0 bridgehead atoms. The molecule has 3 aromatic rings. The quantitative estimate of drug-likeness (QED) is 0.358. The van der Waals surface area contributed by atoms with Crippen molar-refractivity contribution in [2.45, 2.75) is 26.3 Å². The van der Waals surface area contributed by atoms with E-state index in [2.05, 4.69) is 20.8 Å². The predicted molar refractivity (Wildman–Crippen MR) is 124 cm³/mol. The van der Waals surface area contributed by atoms with Crippen molar-refractivity contribution in [3.63, 3.8) is 0 Å². The number of nitrogens with one attached hydrogen (secondary N) is 2. The van der Waals surface area contributed by atoms with E-state index in [0.29, 0.717) is 17.2 Å². The molecule has 11 heteroatoms. The van der Waals surface area contributed by atoms with Gasteiger partial charge in [-0.25, -0.2) is 0 Å². The first-order valence-corrected chi connectivity index (χ1v) is 11.0. The highest BCUT2D eigenvalue weighted by Gasteiger charge is 2.28. The van der Waals surface area contributed by atoms with Crippen LogP contribution in [0.25, 0.3) is 10.6 Å². The minimum atomic E-state index is -0.870. The molecule has 1 heterocycles. The standard InChI is InChI=1S/C22H23N5O5S/c1-4-13(2)18(23-19(28)14-7-5-9-16(11-14)27(30)31)20(29)24-22-26-25-21(33-22)15-8-6-10-17(12-15)32-3/h5-13,18H,4H2,1-3H3,(H,23,28)(H,24,26,29). The van der Waals surface area contributed by atoms with Crippen LogP contribution in [0, 0.1) is 16.0 Å². The molecule has 0 fully saturated rings. The Morgan fingerprint density at radius 1 is 1.18 bits per heavy atom. The fourth-order valence-electron chi connectivity index (χ4n) is 3.02. The largest absolute Gasteiger partial charge is 0.497 e. The number of hydrogen-bond acceptors (Lipinski definition) is 8. The summed E-state index contributed by atoms with van der Waals surface area (Å²) in [5.41, 5.74) is 0.692. The molecule has 172 valence electrons. The molecule has 0 aliphatic rings. The molecule has 0 aliphatic heterocycles. The summed E-state index contributed by atoms with van der Waals surface area (Å²) in [7, 11) is 1.57. The van der Waals surface area contributed by atoms with E-state index in [9.17, 15) is 19.7 Å². The van der Waals surface area contributed by atoms with Crippen LogP contribution >= 0.6 is 11.3 Å². The van der Waals surface area contributed by atoms with Crippen molar-refractivity contribution in [1.82, 2.24) is 15.5 Å². The van der Waals surface area contributed by atoms with E-state index >= 15 is 0 Å². The molecule has 0 spiro atoms. The summed E-state index contributed by atoms with van der Waals surface area (Å²) in [6, 6.07) is 11.8. The zero-order valence-electron chi connectivity index (χ0n) is 18.3. The summed E-state index contributed by atoms with van der Waals surface area (Å²) < 4.78 is 5.22. The van der Waals surface area contributed by atoms with E-state index < -0.39 is 22.8 Å². The summed E-state index contributed by atoms with van der Waals surface area (Å²) in [6.45, 7) is 3.73. The minimum Gasteiger partial charge on any atom is -0.497 e. The van der Waals surface area contributed by atoms with E-state index in [4.69, 9.17) is 4.74 Å². The van der Waals surface area contributed by atoms with E-state index in [1.165, 1.54) is 35.6 Å². The summed E-state index contributed by atoms with van der Waals surface area (Å²) in [5.74, 6) is -0.544. The SMILES string of the molecule is CCC(C)C(NC(=O)c1cccc([N+](=O)[O-])c1)C(=O)Nc1nnc(-c2cccc(OC)c2)s1. The second-order valence-corrected chi connectivity index (χ2v) is 8.26. The molecule has 0 saturated carbocycles. The number of non-ortho nitro benzene ring substituents is 1. The lowest BCUT2D eigenvalue weighted by Crippen LogP contribution is -2.47. The van der Waals surface area contributed by atoms with Crippen LogP contribution in [-0.2, 0) is 4.79 Å². The number of nitrogens with zero attached hydrogens (tertiary/aromatic N) is 3. The van der Waals surface area contributed by atoms with Gasteiger partial charge in [-0.3, -0.25) is 25.0 Å². The Balaban J connectivity index is 1.75. The number of carbonyl (C=O) groups excluding carboxylic acids is 2. The summed E-state index contributed by atoms with van der Waals surface area (Å²) in [5, 5.41) is 25.4. The zero-order chi connectivity index (χ0) is 24.0. The molecular formula is C22H23N5O5S. The monoisotopic (exact) mass is 469 g/mol. The van der Waals surface area contributed by atoms with Gasteiger partial charge >= 0.3 is 0 Å². The maximum atomic E-state index is 13.0. The number of amides is 2. The molecule has 3 rings (SSSR count). The topological polar surface area (TPSA) is 136 Å². The maximum absolute atomic E-state index is 13.0. The van der Waals surface area contributed by atoms with Gasteiger partial charge < -0.3 is 10.1 Å².